The highest BCUT2D eigenvalue weighted by atomic mass is 32.2. The standard InChI is InChI=1S/C7H12O2S/c1-9-6(8)7(10-2)4-3-5-7/h3-5H2,1-2H3. The lowest BCUT2D eigenvalue weighted by Crippen LogP contribution is -2.42. The van der Waals surface area contributed by atoms with E-state index in [0.29, 0.717) is 0 Å². The first-order chi connectivity index (χ1) is 4.75. The molecule has 1 fully saturated rings. The van der Waals surface area contributed by atoms with Crippen LogP contribution in [-0.4, -0.2) is 24.1 Å². The fourth-order valence-electron chi connectivity index (χ4n) is 1.18. The Balaban J connectivity index is 2.55. The Morgan fingerprint density at radius 3 is 2.30 bits per heavy atom. The summed E-state index contributed by atoms with van der Waals surface area (Å²) in [5, 5.41) is 0. The first-order valence-corrected chi connectivity index (χ1v) is 4.61. The molecular weight excluding hydrogens is 148 g/mol. The van der Waals surface area contributed by atoms with Crippen molar-refractivity contribution in [3.05, 3.63) is 0 Å². The minimum atomic E-state index is -0.172. The molecule has 0 unspecified atom stereocenters. The van der Waals surface area contributed by atoms with Gasteiger partial charge in [-0.05, 0) is 25.5 Å². The van der Waals surface area contributed by atoms with Crippen molar-refractivity contribution in [2.45, 2.75) is 24.0 Å². The zero-order valence-electron chi connectivity index (χ0n) is 6.35. The lowest BCUT2D eigenvalue weighted by Gasteiger charge is -2.36. The van der Waals surface area contributed by atoms with Crippen molar-refractivity contribution >= 4 is 17.7 Å². The van der Waals surface area contributed by atoms with E-state index in [1.54, 1.807) is 11.8 Å². The van der Waals surface area contributed by atoms with Gasteiger partial charge >= 0.3 is 5.97 Å². The van der Waals surface area contributed by atoms with Gasteiger partial charge < -0.3 is 4.74 Å². The van der Waals surface area contributed by atoms with E-state index in [-0.39, 0.29) is 10.7 Å². The Bertz CT molecular complexity index is 135. The summed E-state index contributed by atoms with van der Waals surface area (Å²) in [6.07, 6.45) is 5.10. The van der Waals surface area contributed by atoms with Crippen LogP contribution in [0.15, 0.2) is 0 Å². The number of methoxy groups -OCH3 is 1. The average Bonchev–Trinajstić information content (AvgIpc) is 1.86. The van der Waals surface area contributed by atoms with E-state index in [0.717, 1.165) is 19.3 Å². The maximum Gasteiger partial charge on any atom is 0.321 e. The molecule has 1 rings (SSSR count). The Labute approximate surface area is 65.3 Å². The Kier molecular flexibility index (Phi) is 2.24. The summed E-state index contributed by atoms with van der Waals surface area (Å²) in [6.45, 7) is 0. The van der Waals surface area contributed by atoms with Gasteiger partial charge in [-0.3, -0.25) is 4.79 Å². The zero-order chi connectivity index (χ0) is 7.61. The second-order valence-corrected chi connectivity index (χ2v) is 3.73. The number of hydrogen-bond acceptors (Lipinski definition) is 3. The van der Waals surface area contributed by atoms with Crippen molar-refractivity contribution in [3.8, 4) is 0 Å². The molecule has 10 heavy (non-hydrogen) atoms. The maximum absolute atomic E-state index is 11.1. The first kappa shape index (κ1) is 7.92. The number of carbonyl (C=O) groups excluding carboxylic acids is 1. The van der Waals surface area contributed by atoms with Gasteiger partial charge in [0.15, 0.2) is 0 Å². The van der Waals surface area contributed by atoms with E-state index in [2.05, 4.69) is 4.74 Å². The Morgan fingerprint density at radius 2 is 2.20 bits per heavy atom. The molecule has 0 spiro atoms. The topological polar surface area (TPSA) is 26.3 Å². The normalized spacial score (nSPS) is 21.4. The predicted molar refractivity (Wildman–Crippen MR) is 42.1 cm³/mol. The highest BCUT2D eigenvalue weighted by molar-refractivity contribution is 8.00. The van der Waals surface area contributed by atoms with Crippen LogP contribution in [0.4, 0.5) is 0 Å². The molecule has 0 aliphatic heterocycles. The minimum Gasteiger partial charge on any atom is -0.468 e. The number of carbonyl (C=O) groups is 1. The third-order valence-corrected chi connectivity index (χ3v) is 3.47. The van der Waals surface area contributed by atoms with Gasteiger partial charge in [0.05, 0.1) is 7.11 Å². The van der Waals surface area contributed by atoms with E-state index >= 15 is 0 Å². The smallest absolute Gasteiger partial charge is 0.321 e. The van der Waals surface area contributed by atoms with Gasteiger partial charge in [0.2, 0.25) is 0 Å². The Morgan fingerprint density at radius 1 is 1.60 bits per heavy atom. The van der Waals surface area contributed by atoms with Crippen molar-refractivity contribution in [1.82, 2.24) is 0 Å². The quantitative estimate of drug-likeness (QED) is 0.572. The monoisotopic (exact) mass is 160 g/mol. The summed E-state index contributed by atoms with van der Waals surface area (Å²) in [5.74, 6) is -0.0498. The largest absolute Gasteiger partial charge is 0.468 e. The zero-order valence-corrected chi connectivity index (χ0v) is 7.16. The van der Waals surface area contributed by atoms with E-state index in [9.17, 15) is 4.79 Å². The van der Waals surface area contributed by atoms with Gasteiger partial charge in [-0.2, -0.15) is 0 Å². The summed E-state index contributed by atoms with van der Waals surface area (Å²) in [6, 6.07) is 0. The molecule has 1 saturated carbocycles. The number of ether oxygens (including phenoxy) is 1. The maximum atomic E-state index is 11.1. The van der Waals surface area contributed by atoms with Crippen molar-refractivity contribution in [3.63, 3.8) is 0 Å². The lowest BCUT2D eigenvalue weighted by molar-refractivity contribution is -0.145. The summed E-state index contributed by atoms with van der Waals surface area (Å²) < 4.78 is 4.52. The lowest BCUT2D eigenvalue weighted by atomic mass is 9.84. The number of esters is 1. The van der Waals surface area contributed by atoms with Crippen LogP contribution in [0.3, 0.4) is 0 Å². The van der Waals surface area contributed by atoms with Crippen LogP contribution < -0.4 is 0 Å². The molecule has 0 aromatic carbocycles. The van der Waals surface area contributed by atoms with Crippen LogP contribution in [0, 0.1) is 0 Å². The highest BCUT2D eigenvalue weighted by Gasteiger charge is 2.44. The third kappa shape index (κ3) is 1.03. The van der Waals surface area contributed by atoms with Crippen LogP contribution in [0.1, 0.15) is 19.3 Å². The minimum absolute atomic E-state index is 0.0498. The fraction of sp³-hybridized carbons (Fsp3) is 0.857. The average molecular weight is 160 g/mol. The fourth-order valence-corrected chi connectivity index (χ4v) is 2.12. The van der Waals surface area contributed by atoms with Crippen LogP contribution >= 0.6 is 11.8 Å². The van der Waals surface area contributed by atoms with Crippen LogP contribution in [0.5, 0.6) is 0 Å². The first-order valence-electron chi connectivity index (χ1n) is 3.39. The van der Waals surface area contributed by atoms with E-state index in [1.165, 1.54) is 7.11 Å². The molecule has 2 nitrogen and oxygen atoms in total. The van der Waals surface area contributed by atoms with Crippen LogP contribution in [-0.2, 0) is 9.53 Å². The molecule has 1 aliphatic rings. The van der Waals surface area contributed by atoms with Gasteiger partial charge in [0.1, 0.15) is 4.75 Å². The van der Waals surface area contributed by atoms with Crippen molar-refractivity contribution < 1.29 is 9.53 Å². The van der Waals surface area contributed by atoms with Crippen molar-refractivity contribution in [2.75, 3.05) is 13.4 Å². The molecule has 0 amide bonds. The van der Waals surface area contributed by atoms with Gasteiger partial charge in [0.25, 0.3) is 0 Å². The second-order valence-electron chi connectivity index (χ2n) is 2.54. The second kappa shape index (κ2) is 2.82. The molecule has 0 N–H and O–H groups in total. The summed E-state index contributed by atoms with van der Waals surface area (Å²) in [5.41, 5.74) is 0. The SMILES string of the molecule is COC(=O)C1(SC)CCC1. The van der Waals surface area contributed by atoms with Gasteiger partial charge in [-0.15, -0.1) is 11.8 Å². The van der Waals surface area contributed by atoms with E-state index in [1.807, 2.05) is 6.26 Å². The molecule has 1 aliphatic carbocycles. The molecule has 0 atom stereocenters. The predicted octanol–water partition coefficient (Wildman–Crippen LogP) is 1.45. The number of hydrogen-bond donors (Lipinski definition) is 0. The number of rotatable bonds is 2. The van der Waals surface area contributed by atoms with Crippen molar-refractivity contribution in [2.24, 2.45) is 0 Å². The van der Waals surface area contributed by atoms with Crippen LogP contribution in [0.2, 0.25) is 0 Å². The van der Waals surface area contributed by atoms with E-state index < -0.39 is 0 Å². The van der Waals surface area contributed by atoms with Gasteiger partial charge in [-0.25, -0.2) is 0 Å². The summed E-state index contributed by atoms with van der Waals surface area (Å²) >= 11 is 1.62. The number of thioether (sulfide) groups is 1. The van der Waals surface area contributed by atoms with Crippen LogP contribution in [0.25, 0.3) is 0 Å². The van der Waals surface area contributed by atoms with Crippen molar-refractivity contribution in [1.29, 1.82) is 0 Å². The molecule has 58 valence electrons. The Hall–Kier alpha value is -0.180. The van der Waals surface area contributed by atoms with Gasteiger partial charge in [0, 0.05) is 0 Å². The highest BCUT2D eigenvalue weighted by Crippen LogP contribution is 2.43. The summed E-state index contributed by atoms with van der Waals surface area (Å²) in [4.78, 5) is 11.1. The molecule has 3 heteroatoms. The molecule has 0 saturated heterocycles. The molecule has 0 radical (unpaired) electrons. The van der Waals surface area contributed by atoms with Gasteiger partial charge in [-0.1, -0.05) is 0 Å². The molecule has 0 aromatic heterocycles. The molecular formula is C7H12O2S. The summed E-state index contributed by atoms with van der Waals surface area (Å²) in [7, 11) is 1.46. The molecule has 0 aromatic rings. The molecule has 0 heterocycles. The third-order valence-electron chi connectivity index (χ3n) is 2.11. The molecule has 0 bridgehead atoms. The van der Waals surface area contributed by atoms with E-state index in [4.69, 9.17) is 0 Å².